The van der Waals surface area contributed by atoms with Crippen LogP contribution in [0.1, 0.15) is 0 Å². The van der Waals surface area contributed by atoms with Gasteiger partial charge in [0.2, 0.25) is 0 Å². The summed E-state index contributed by atoms with van der Waals surface area (Å²) in [5, 5.41) is 29.7. The zero-order valence-corrected chi connectivity index (χ0v) is 13.1. The minimum absolute atomic E-state index is 0. The quantitative estimate of drug-likeness (QED) is 0.464. The Morgan fingerprint density at radius 2 is 1.89 bits per heavy atom. The van der Waals surface area contributed by atoms with Gasteiger partial charge in [-0.1, -0.05) is 0 Å². The van der Waals surface area contributed by atoms with Crippen LogP contribution in [0.3, 0.4) is 0 Å². The van der Waals surface area contributed by atoms with Crippen molar-refractivity contribution in [1.82, 2.24) is 0 Å². The predicted molar refractivity (Wildman–Crippen MR) is 54.3 cm³/mol. The maximum atomic E-state index is 10.2. The van der Waals surface area contributed by atoms with Crippen molar-refractivity contribution < 1.29 is 68.6 Å². The van der Waals surface area contributed by atoms with Crippen molar-refractivity contribution in [3.05, 3.63) is 0 Å². The molecule has 0 bridgehead atoms. The summed E-state index contributed by atoms with van der Waals surface area (Å²) in [4.78, 5) is 10.2. The summed E-state index contributed by atoms with van der Waals surface area (Å²) in [5.41, 5.74) is 0. The third-order valence-corrected chi connectivity index (χ3v) is 2.65. The van der Waals surface area contributed by atoms with Crippen molar-refractivity contribution in [1.29, 1.82) is 0 Å². The van der Waals surface area contributed by atoms with Crippen molar-refractivity contribution in [3.63, 3.8) is 0 Å². The second-order valence-electron chi connectivity index (χ2n) is 3.85. The second-order valence-corrected chi connectivity index (χ2v) is 3.85. The van der Waals surface area contributed by atoms with Gasteiger partial charge in [-0.25, -0.2) is 0 Å². The Bertz CT molecular complexity index is 276. The number of methoxy groups -OCH3 is 2. The summed E-state index contributed by atoms with van der Waals surface area (Å²) in [6, 6.07) is 0. The van der Waals surface area contributed by atoms with Crippen LogP contribution in [0.5, 0.6) is 0 Å². The Labute approximate surface area is 132 Å². The van der Waals surface area contributed by atoms with Crippen LogP contribution >= 0.6 is 0 Å². The molecule has 0 aromatic rings. The van der Waals surface area contributed by atoms with Crippen molar-refractivity contribution in [2.24, 2.45) is 0 Å². The molecule has 1 rings (SSSR count). The maximum absolute atomic E-state index is 10.2. The minimum atomic E-state index is -1.36. The average Bonchev–Trinajstić information content (AvgIpc) is 2.33. The topological polar surface area (TPSA) is 118 Å². The molecule has 0 saturated carbocycles. The molecule has 0 spiro atoms. The van der Waals surface area contributed by atoms with Gasteiger partial charge in [-0.3, -0.25) is 0 Å². The van der Waals surface area contributed by atoms with Crippen LogP contribution in [-0.4, -0.2) is 74.3 Å². The first kappa shape index (κ1) is 19.2. The molecule has 1 saturated heterocycles. The fourth-order valence-electron chi connectivity index (χ4n) is 1.78. The first-order chi connectivity index (χ1) is 8.51. The number of aliphatic hydroxyl groups excluding tert-OH is 2. The van der Waals surface area contributed by atoms with Gasteiger partial charge in [-0.15, -0.1) is 0 Å². The molecule has 8 nitrogen and oxygen atoms in total. The van der Waals surface area contributed by atoms with Gasteiger partial charge in [-0.2, -0.15) is 0 Å². The Morgan fingerprint density at radius 1 is 1.26 bits per heavy atom. The molecule has 0 aromatic heterocycles. The van der Waals surface area contributed by atoms with E-state index in [1.165, 1.54) is 14.2 Å². The molecule has 9 heteroatoms. The molecular formula is C10H17NaO8. The van der Waals surface area contributed by atoms with Crippen LogP contribution in [0.2, 0.25) is 0 Å². The summed E-state index contributed by atoms with van der Waals surface area (Å²) in [6.45, 7) is -0.720. The molecule has 1 fully saturated rings. The van der Waals surface area contributed by atoms with E-state index in [-0.39, 0.29) is 36.2 Å². The Balaban J connectivity index is 0.00000324. The molecule has 5 atom stereocenters. The van der Waals surface area contributed by atoms with E-state index in [2.05, 4.69) is 0 Å². The number of carbonyl (C=O) groups excluding carboxylic acids is 1. The number of ether oxygens (including phenoxy) is 4. The third-order valence-electron chi connectivity index (χ3n) is 2.65. The fourth-order valence-corrected chi connectivity index (χ4v) is 1.78. The molecule has 1 aliphatic rings. The Kier molecular flexibility index (Phi) is 9.33. The molecule has 0 aromatic carbocycles. The van der Waals surface area contributed by atoms with Crippen LogP contribution in [0.4, 0.5) is 0 Å². The van der Waals surface area contributed by atoms with Crippen LogP contribution in [0, 0.1) is 0 Å². The number of rotatable bonds is 6. The fraction of sp³-hybridized carbons (Fsp3) is 0.900. The normalized spacial score (nSPS) is 34.6. The smallest absolute Gasteiger partial charge is 0.548 e. The Morgan fingerprint density at radius 3 is 2.37 bits per heavy atom. The monoisotopic (exact) mass is 288 g/mol. The third kappa shape index (κ3) is 5.25. The zero-order valence-electron chi connectivity index (χ0n) is 11.1. The molecule has 2 unspecified atom stereocenters. The van der Waals surface area contributed by atoms with Gasteiger partial charge in [-0.05, 0) is 0 Å². The van der Waals surface area contributed by atoms with Crippen molar-refractivity contribution >= 4 is 5.97 Å². The van der Waals surface area contributed by atoms with Crippen LogP contribution < -0.4 is 34.7 Å². The largest absolute Gasteiger partial charge is 1.00 e. The number of carboxylic acid groups (broad SMARTS) is 1. The molecule has 0 aliphatic carbocycles. The number of aliphatic hydroxyl groups is 2. The van der Waals surface area contributed by atoms with E-state index in [9.17, 15) is 20.1 Å². The number of aliphatic carboxylic acids is 1. The zero-order chi connectivity index (χ0) is 13.7. The molecule has 106 valence electrons. The van der Waals surface area contributed by atoms with E-state index >= 15 is 0 Å². The number of carbonyl (C=O) groups is 1. The average molecular weight is 288 g/mol. The van der Waals surface area contributed by atoms with Gasteiger partial charge in [0.15, 0.2) is 6.29 Å². The van der Waals surface area contributed by atoms with Crippen LogP contribution in [0.25, 0.3) is 0 Å². The number of carboxylic acids is 1. The number of hydrogen-bond acceptors (Lipinski definition) is 8. The van der Waals surface area contributed by atoms with Gasteiger partial charge in [0.1, 0.15) is 24.4 Å². The van der Waals surface area contributed by atoms with Crippen LogP contribution in [-0.2, 0) is 23.7 Å². The summed E-state index contributed by atoms with van der Waals surface area (Å²) in [6.07, 6.45) is -5.09. The van der Waals surface area contributed by atoms with E-state index in [1.54, 1.807) is 0 Å². The molecule has 1 heterocycles. The first-order valence-corrected chi connectivity index (χ1v) is 5.36. The van der Waals surface area contributed by atoms with Gasteiger partial charge >= 0.3 is 29.6 Å². The van der Waals surface area contributed by atoms with E-state index in [4.69, 9.17) is 18.9 Å². The summed E-state index contributed by atoms with van der Waals surface area (Å²) in [7, 11) is 2.65. The van der Waals surface area contributed by atoms with Crippen LogP contribution in [0.15, 0.2) is 0 Å². The summed E-state index contributed by atoms with van der Waals surface area (Å²) >= 11 is 0. The molecule has 1 aliphatic heterocycles. The predicted octanol–water partition coefficient (Wildman–Crippen LogP) is -6.13. The van der Waals surface area contributed by atoms with Gasteiger partial charge < -0.3 is 39.1 Å². The molecule has 19 heavy (non-hydrogen) atoms. The SMILES string of the molecule is CO[C@H]1OC(COCC(=O)[O-])[C@@H](OC)[C@@H](O)C1O.[Na+]. The first-order valence-electron chi connectivity index (χ1n) is 5.36. The van der Waals surface area contributed by atoms with Gasteiger partial charge in [0.05, 0.1) is 19.2 Å². The minimum Gasteiger partial charge on any atom is -0.548 e. The van der Waals surface area contributed by atoms with Gasteiger partial charge in [0.25, 0.3) is 0 Å². The van der Waals surface area contributed by atoms with E-state index in [1.807, 2.05) is 0 Å². The standard InChI is InChI=1S/C10H18O8.Na/c1-15-9-5(3-17-4-6(11)12)18-10(16-2)8(14)7(9)13;/h5,7-10,13-14H,3-4H2,1-2H3,(H,11,12);/q;+1/p-1/t5?,7-,8?,9+,10-;/m0./s1. The Hall–Kier alpha value is 0.230. The van der Waals surface area contributed by atoms with E-state index in [0.29, 0.717) is 0 Å². The van der Waals surface area contributed by atoms with E-state index < -0.39 is 43.3 Å². The summed E-state index contributed by atoms with van der Waals surface area (Å²) in [5.74, 6) is -1.36. The van der Waals surface area contributed by atoms with E-state index in [0.717, 1.165) is 0 Å². The van der Waals surface area contributed by atoms with Crippen molar-refractivity contribution in [2.45, 2.75) is 30.7 Å². The molecule has 0 amide bonds. The second kappa shape index (κ2) is 9.22. The summed E-state index contributed by atoms with van der Waals surface area (Å²) < 4.78 is 20.0. The molecule has 0 radical (unpaired) electrons. The number of hydrogen-bond donors (Lipinski definition) is 2. The molecule has 2 N–H and O–H groups in total. The van der Waals surface area contributed by atoms with Gasteiger partial charge in [0, 0.05) is 14.2 Å². The van der Waals surface area contributed by atoms with Crippen molar-refractivity contribution in [3.8, 4) is 0 Å². The maximum Gasteiger partial charge on any atom is 1.00 e. The van der Waals surface area contributed by atoms with Crippen molar-refractivity contribution in [2.75, 3.05) is 27.4 Å². The molecular weight excluding hydrogens is 271 g/mol.